The number of likely N-dealkylation sites (tertiary alicyclic amines) is 1. The van der Waals surface area contributed by atoms with Gasteiger partial charge in [-0.15, -0.1) is 0 Å². The van der Waals surface area contributed by atoms with Gasteiger partial charge in [-0.2, -0.15) is 0 Å². The summed E-state index contributed by atoms with van der Waals surface area (Å²) in [5.74, 6) is 2.97. The van der Waals surface area contributed by atoms with Crippen LogP contribution in [0.5, 0.6) is 17.2 Å². The summed E-state index contributed by atoms with van der Waals surface area (Å²) in [6, 6.07) is 14.6. The van der Waals surface area contributed by atoms with Crippen LogP contribution in [0.4, 0.5) is 0 Å². The molecule has 36 heavy (non-hydrogen) atoms. The third-order valence-electron chi connectivity index (χ3n) is 7.79. The average Bonchev–Trinajstić information content (AvgIpc) is 2.93. The van der Waals surface area contributed by atoms with Crippen molar-refractivity contribution in [2.24, 2.45) is 5.92 Å². The highest BCUT2D eigenvalue weighted by Crippen LogP contribution is 2.40. The van der Waals surface area contributed by atoms with E-state index < -0.39 is 0 Å². The number of piperidine rings is 1. The number of nitrogens with zero attached hydrogens (tertiary/aromatic N) is 3. The molecule has 0 saturated carbocycles. The lowest BCUT2D eigenvalue weighted by atomic mass is 9.90. The van der Waals surface area contributed by atoms with Gasteiger partial charge in [0, 0.05) is 51.4 Å². The summed E-state index contributed by atoms with van der Waals surface area (Å²) in [7, 11) is 4.93. The number of hydrogen-bond donors (Lipinski definition) is 0. The lowest BCUT2D eigenvalue weighted by Crippen LogP contribution is -2.55. The zero-order valence-electron chi connectivity index (χ0n) is 22.2. The first-order chi connectivity index (χ1) is 17.5. The Morgan fingerprint density at radius 3 is 2.14 bits per heavy atom. The molecule has 2 heterocycles. The minimum Gasteiger partial charge on any atom is -0.493 e. The van der Waals surface area contributed by atoms with Gasteiger partial charge in [0.1, 0.15) is 0 Å². The molecular weight excluding hydrogens is 454 g/mol. The lowest BCUT2D eigenvalue weighted by molar-refractivity contribution is -0.138. The Balaban J connectivity index is 1.26. The zero-order chi connectivity index (χ0) is 25.5. The predicted octanol–water partition coefficient (Wildman–Crippen LogP) is 3.70. The third-order valence-corrected chi connectivity index (χ3v) is 7.79. The molecule has 1 amide bonds. The summed E-state index contributed by atoms with van der Waals surface area (Å²) < 4.78 is 16.6. The minimum atomic E-state index is -0.0755. The van der Waals surface area contributed by atoms with Crippen LogP contribution in [0.1, 0.15) is 30.9 Å². The number of methoxy groups -OCH3 is 3. The summed E-state index contributed by atoms with van der Waals surface area (Å²) in [6.45, 7) is 8.18. The quantitative estimate of drug-likeness (QED) is 0.529. The Bertz CT molecular complexity index is 984. The first-order valence-corrected chi connectivity index (χ1v) is 13.1. The highest BCUT2D eigenvalue weighted by molar-refractivity contribution is 5.81. The van der Waals surface area contributed by atoms with Crippen LogP contribution in [-0.4, -0.2) is 87.2 Å². The molecule has 2 aliphatic heterocycles. The highest BCUT2D eigenvalue weighted by atomic mass is 16.5. The van der Waals surface area contributed by atoms with Crippen LogP contribution in [0.2, 0.25) is 0 Å². The van der Waals surface area contributed by atoms with Gasteiger partial charge in [-0.25, -0.2) is 0 Å². The summed E-state index contributed by atoms with van der Waals surface area (Å²) in [4.78, 5) is 20.1. The molecule has 2 fully saturated rings. The second kappa shape index (κ2) is 12.5. The number of carbonyl (C=O) groups excluding carboxylic acids is 1. The van der Waals surface area contributed by atoms with Crippen LogP contribution in [0.3, 0.4) is 0 Å². The molecule has 0 aliphatic carbocycles. The predicted molar refractivity (Wildman–Crippen MR) is 142 cm³/mol. The maximum atomic E-state index is 13.3. The summed E-state index contributed by atoms with van der Waals surface area (Å²) in [5.41, 5.74) is 2.48. The lowest BCUT2D eigenvalue weighted by Gasteiger charge is -2.40. The zero-order valence-corrected chi connectivity index (χ0v) is 22.2. The van der Waals surface area contributed by atoms with Gasteiger partial charge in [-0.3, -0.25) is 14.6 Å². The molecule has 0 spiro atoms. The van der Waals surface area contributed by atoms with E-state index in [0.717, 1.165) is 76.4 Å². The monoisotopic (exact) mass is 495 g/mol. The maximum Gasteiger partial charge on any atom is 0.239 e. The molecule has 2 aliphatic rings. The first kappa shape index (κ1) is 26.3. The van der Waals surface area contributed by atoms with Crippen LogP contribution >= 0.6 is 0 Å². The molecule has 4 rings (SSSR count). The molecule has 1 unspecified atom stereocenters. The Morgan fingerprint density at radius 2 is 1.53 bits per heavy atom. The summed E-state index contributed by atoms with van der Waals surface area (Å²) in [6.07, 6.45) is 3.30. The number of piperazine rings is 1. The van der Waals surface area contributed by atoms with Crippen molar-refractivity contribution in [3.05, 3.63) is 53.6 Å². The molecule has 2 aromatic rings. The van der Waals surface area contributed by atoms with Gasteiger partial charge in [0.05, 0.1) is 27.4 Å². The molecule has 2 aromatic carbocycles. The van der Waals surface area contributed by atoms with Crippen molar-refractivity contribution >= 4 is 5.91 Å². The molecule has 196 valence electrons. The van der Waals surface area contributed by atoms with Gasteiger partial charge >= 0.3 is 0 Å². The number of carbonyl (C=O) groups is 1. The SMILES string of the molecule is COc1ccc(CN2CCN(C(C)C(=O)N3CCC(Cc4ccccc4)CC3)CC2)c(OC)c1OC. The van der Waals surface area contributed by atoms with E-state index in [-0.39, 0.29) is 11.9 Å². The van der Waals surface area contributed by atoms with E-state index in [4.69, 9.17) is 14.2 Å². The maximum absolute atomic E-state index is 13.3. The van der Waals surface area contributed by atoms with Gasteiger partial charge in [0.25, 0.3) is 0 Å². The molecule has 7 nitrogen and oxygen atoms in total. The smallest absolute Gasteiger partial charge is 0.239 e. The van der Waals surface area contributed by atoms with Crippen molar-refractivity contribution in [2.75, 3.05) is 60.6 Å². The Kier molecular flexibility index (Phi) is 9.10. The standard InChI is InChI=1S/C29H41N3O4/c1-22(29(33)32-14-12-24(13-15-32)20-23-8-6-5-7-9-23)31-18-16-30(17-19-31)21-25-10-11-26(34-2)28(36-4)27(25)35-3/h5-11,22,24H,12-21H2,1-4H3. The van der Waals surface area contributed by atoms with E-state index in [1.165, 1.54) is 5.56 Å². The fourth-order valence-electron chi connectivity index (χ4n) is 5.56. The van der Waals surface area contributed by atoms with Gasteiger partial charge in [-0.05, 0) is 43.7 Å². The topological polar surface area (TPSA) is 54.5 Å². The first-order valence-electron chi connectivity index (χ1n) is 13.1. The largest absolute Gasteiger partial charge is 0.493 e. The second-order valence-corrected chi connectivity index (χ2v) is 9.94. The number of benzene rings is 2. The van der Waals surface area contributed by atoms with Crippen LogP contribution in [-0.2, 0) is 17.8 Å². The van der Waals surface area contributed by atoms with E-state index in [0.29, 0.717) is 17.4 Å². The molecule has 0 bridgehead atoms. The van der Waals surface area contributed by atoms with Crippen molar-refractivity contribution < 1.29 is 19.0 Å². The van der Waals surface area contributed by atoms with Crippen LogP contribution < -0.4 is 14.2 Å². The second-order valence-electron chi connectivity index (χ2n) is 9.94. The molecule has 2 saturated heterocycles. The minimum absolute atomic E-state index is 0.0755. The van der Waals surface area contributed by atoms with Gasteiger partial charge in [-0.1, -0.05) is 36.4 Å². The average molecular weight is 496 g/mol. The van der Waals surface area contributed by atoms with Crippen molar-refractivity contribution in [2.45, 2.75) is 38.8 Å². The van der Waals surface area contributed by atoms with Crippen LogP contribution in [0.25, 0.3) is 0 Å². The van der Waals surface area contributed by atoms with E-state index in [1.807, 2.05) is 12.1 Å². The summed E-state index contributed by atoms with van der Waals surface area (Å²) in [5, 5.41) is 0. The van der Waals surface area contributed by atoms with E-state index >= 15 is 0 Å². The van der Waals surface area contributed by atoms with E-state index in [9.17, 15) is 4.79 Å². The van der Waals surface area contributed by atoms with Crippen molar-refractivity contribution in [1.82, 2.24) is 14.7 Å². The fourth-order valence-corrected chi connectivity index (χ4v) is 5.56. The number of ether oxygens (including phenoxy) is 3. The molecule has 7 heteroatoms. The number of rotatable bonds is 9. The Morgan fingerprint density at radius 1 is 0.861 bits per heavy atom. The number of amides is 1. The third kappa shape index (κ3) is 6.13. The van der Waals surface area contributed by atoms with Crippen molar-refractivity contribution in [3.63, 3.8) is 0 Å². The van der Waals surface area contributed by atoms with E-state index in [2.05, 4.69) is 52.0 Å². The van der Waals surface area contributed by atoms with Gasteiger partial charge in [0.2, 0.25) is 11.7 Å². The molecule has 0 N–H and O–H groups in total. The van der Waals surface area contributed by atoms with Crippen LogP contribution in [0, 0.1) is 5.92 Å². The normalized spacial score (nSPS) is 18.6. The Labute approximate surface area is 215 Å². The summed E-state index contributed by atoms with van der Waals surface area (Å²) >= 11 is 0. The molecule has 0 aromatic heterocycles. The Hall–Kier alpha value is -2.77. The van der Waals surface area contributed by atoms with Crippen LogP contribution in [0.15, 0.2) is 42.5 Å². The van der Waals surface area contributed by atoms with Gasteiger partial charge < -0.3 is 19.1 Å². The van der Waals surface area contributed by atoms with E-state index in [1.54, 1.807) is 21.3 Å². The number of hydrogen-bond acceptors (Lipinski definition) is 6. The van der Waals surface area contributed by atoms with Crippen molar-refractivity contribution in [1.29, 1.82) is 0 Å². The highest BCUT2D eigenvalue weighted by Gasteiger charge is 2.31. The molecular formula is C29H41N3O4. The van der Waals surface area contributed by atoms with Gasteiger partial charge in [0.15, 0.2) is 11.5 Å². The molecule has 0 radical (unpaired) electrons. The molecule has 1 atom stereocenters. The van der Waals surface area contributed by atoms with Crippen molar-refractivity contribution in [3.8, 4) is 17.2 Å². The fraction of sp³-hybridized carbons (Fsp3) is 0.552.